The van der Waals surface area contributed by atoms with Gasteiger partial charge in [0.2, 0.25) is 0 Å². The van der Waals surface area contributed by atoms with Crippen LogP contribution in [0.1, 0.15) is 336 Å². The molecule has 0 amide bonds. The highest BCUT2D eigenvalue weighted by Crippen LogP contribution is 2.45. The first-order chi connectivity index (χ1) is 51.7. The van der Waals surface area contributed by atoms with Crippen LogP contribution in [0.2, 0.25) is 0 Å². The largest absolute Gasteiger partial charge is 0.472 e. The molecule has 0 saturated heterocycles. The first kappa shape index (κ1) is 101. The van der Waals surface area contributed by atoms with Crippen LogP contribution in [0.3, 0.4) is 0 Å². The van der Waals surface area contributed by atoms with Gasteiger partial charge >= 0.3 is 39.5 Å². The molecule has 0 aromatic rings. The van der Waals surface area contributed by atoms with E-state index >= 15 is 0 Å². The molecule has 19 heteroatoms. The molecule has 0 aromatic carbocycles. The second kappa shape index (κ2) is 78.3. The number of esters is 4. The molecule has 106 heavy (non-hydrogen) atoms. The van der Waals surface area contributed by atoms with E-state index in [4.69, 9.17) is 37.0 Å². The summed E-state index contributed by atoms with van der Waals surface area (Å²) < 4.78 is 68.6. The van der Waals surface area contributed by atoms with Gasteiger partial charge in [0.1, 0.15) is 19.3 Å². The molecule has 608 valence electrons. The zero-order valence-electron chi connectivity index (χ0n) is 66.6. The van der Waals surface area contributed by atoms with Crippen LogP contribution in [0.15, 0.2) is 134 Å². The predicted octanol–water partition coefficient (Wildman–Crippen LogP) is 24.4. The number of rotatable bonds is 77. The van der Waals surface area contributed by atoms with E-state index in [2.05, 4.69) is 161 Å². The zero-order chi connectivity index (χ0) is 77.4. The van der Waals surface area contributed by atoms with E-state index < -0.39 is 97.5 Å². The van der Waals surface area contributed by atoms with Gasteiger partial charge in [-0.1, -0.05) is 283 Å². The summed E-state index contributed by atoms with van der Waals surface area (Å²) in [6.07, 6.45) is 88.5. The van der Waals surface area contributed by atoms with Crippen LogP contribution in [0, 0.1) is 0 Å². The van der Waals surface area contributed by atoms with Gasteiger partial charge < -0.3 is 33.8 Å². The van der Waals surface area contributed by atoms with E-state index in [-0.39, 0.29) is 25.7 Å². The minimum absolute atomic E-state index is 0.0743. The number of carbonyl (C=O) groups is 4. The van der Waals surface area contributed by atoms with Crippen molar-refractivity contribution >= 4 is 39.5 Å². The van der Waals surface area contributed by atoms with Gasteiger partial charge in [-0.15, -0.1) is 0 Å². The molecule has 0 aliphatic heterocycles. The molecule has 0 rings (SSSR count). The maximum atomic E-state index is 13.1. The number of phosphoric acid groups is 2. The van der Waals surface area contributed by atoms with Crippen LogP contribution >= 0.6 is 15.6 Å². The summed E-state index contributed by atoms with van der Waals surface area (Å²) in [4.78, 5) is 73.1. The minimum atomic E-state index is -4.99. The maximum absolute atomic E-state index is 13.1. The Morgan fingerprint density at radius 3 is 0.792 bits per heavy atom. The van der Waals surface area contributed by atoms with Gasteiger partial charge in [0.05, 0.1) is 26.4 Å². The van der Waals surface area contributed by atoms with Crippen molar-refractivity contribution in [3.8, 4) is 0 Å². The van der Waals surface area contributed by atoms with Crippen LogP contribution in [0.25, 0.3) is 0 Å². The van der Waals surface area contributed by atoms with Crippen molar-refractivity contribution < 1.29 is 80.2 Å². The van der Waals surface area contributed by atoms with Gasteiger partial charge in [-0.2, -0.15) is 0 Å². The molecule has 0 bridgehead atoms. The van der Waals surface area contributed by atoms with Crippen molar-refractivity contribution in [2.24, 2.45) is 0 Å². The van der Waals surface area contributed by atoms with Crippen LogP contribution in [0.5, 0.6) is 0 Å². The molecule has 0 spiro atoms. The number of ether oxygens (including phenoxy) is 4. The van der Waals surface area contributed by atoms with Crippen molar-refractivity contribution in [2.75, 3.05) is 39.6 Å². The Balaban J connectivity index is 5.38. The Labute approximate surface area is 644 Å². The fourth-order valence-electron chi connectivity index (χ4n) is 10.7. The summed E-state index contributed by atoms with van der Waals surface area (Å²) in [5, 5.41) is 10.7. The smallest absolute Gasteiger partial charge is 0.462 e. The topological polar surface area (TPSA) is 237 Å². The lowest BCUT2D eigenvalue weighted by Gasteiger charge is -2.21. The number of aliphatic hydroxyl groups excluding tert-OH is 1. The summed E-state index contributed by atoms with van der Waals surface area (Å²) in [5.74, 6) is -2.23. The first-order valence-electron chi connectivity index (χ1n) is 41.4. The predicted molar refractivity (Wildman–Crippen MR) is 436 cm³/mol. The summed E-state index contributed by atoms with van der Waals surface area (Å²) in [6, 6.07) is 0. The van der Waals surface area contributed by atoms with Gasteiger partial charge in [0.25, 0.3) is 0 Å². The van der Waals surface area contributed by atoms with Gasteiger partial charge in [-0.3, -0.25) is 37.3 Å². The molecule has 0 aromatic heterocycles. The van der Waals surface area contributed by atoms with Gasteiger partial charge in [-0.05, 0) is 161 Å². The standard InChI is InChI=1S/C87H148O17P2/c1-5-9-13-17-21-25-29-32-35-38-40-43-46-49-53-56-60-64-68-72-85(90)98-78-83(104-87(92)74-70-66-62-58-54-50-47-44-41-39-36-33-30-26-22-18-14-10-6-2)80-102-106(95,96)100-76-81(88)75-99-105(93,94)101-79-82(103-86(91)73-69-65-61-57-51-28-24-20-16-12-8-4)77-97-84(89)71-67-63-59-55-52-48-45-42-37-34-31-27-23-19-15-11-7-3/h11,15,20-27,32-37,40-41,43-45,48,81-83,88H,5-10,12-14,16-19,28-31,38-39,42,46-47,49-80H2,1-4H3,(H,93,94)(H,95,96)/b15-11-,24-20-,25-21-,26-22-,27-23-,35-32-,36-33-,37-34-,43-40-,44-41-,48-45-. The quantitative estimate of drug-likeness (QED) is 0.0169. The van der Waals surface area contributed by atoms with E-state index in [9.17, 15) is 43.2 Å². The first-order valence-corrected chi connectivity index (χ1v) is 44.4. The molecular formula is C87H148O17P2. The highest BCUT2D eigenvalue weighted by Gasteiger charge is 2.30. The van der Waals surface area contributed by atoms with Crippen molar-refractivity contribution in [1.82, 2.24) is 0 Å². The molecule has 5 atom stereocenters. The fourth-order valence-corrected chi connectivity index (χ4v) is 12.3. The van der Waals surface area contributed by atoms with Crippen molar-refractivity contribution in [3.05, 3.63) is 134 Å². The van der Waals surface area contributed by atoms with Gasteiger partial charge in [0, 0.05) is 25.7 Å². The highest BCUT2D eigenvalue weighted by atomic mass is 31.2. The second-order valence-electron chi connectivity index (χ2n) is 27.3. The van der Waals surface area contributed by atoms with Crippen molar-refractivity contribution in [1.29, 1.82) is 0 Å². The zero-order valence-corrected chi connectivity index (χ0v) is 68.4. The van der Waals surface area contributed by atoms with Crippen LogP contribution in [0.4, 0.5) is 0 Å². The van der Waals surface area contributed by atoms with E-state index in [0.29, 0.717) is 25.7 Å². The molecular weight excluding hydrogens is 1380 g/mol. The molecule has 0 radical (unpaired) electrons. The number of hydrogen-bond donors (Lipinski definition) is 3. The molecule has 0 aliphatic carbocycles. The van der Waals surface area contributed by atoms with Crippen LogP contribution < -0.4 is 0 Å². The van der Waals surface area contributed by atoms with E-state index in [1.807, 2.05) is 0 Å². The SMILES string of the molecule is CC/C=C\C/C=C\C/C=C\C/C=C\CCCCCCC(=O)OCC(COP(=O)(O)OCC(O)COP(=O)(O)OCC(COC(=O)CCCCCCCC/C=C\C/C=C\C/C=C\CCCCC)OC(=O)CCCCCCCC/C=C\C/C=C\C/C=C\CCCCC)OC(=O)CCCCCCC/C=C\CCCC. The maximum Gasteiger partial charge on any atom is 0.472 e. The lowest BCUT2D eigenvalue weighted by molar-refractivity contribution is -0.161. The monoisotopic (exact) mass is 1530 g/mol. The Morgan fingerprint density at radius 2 is 0.500 bits per heavy atom. The Kier molecular flexibility index (Phi) is 74.8. The average molecular weight is 1530 g/mol. The Hall–Kier alpha value is -4.80. The van der Waals surface area contributed by atoms with E-state index in [1.54, 1.807) is 0 Å². The van der Waals surface area contributed by atoms with E-state index in [1.165, 1.54) is 51.4 Å². The summed E-state index contributed by atoms with van der Waals surface area (Å²) in [5.41, 5.74) is 0. The van der Waals surface area contributed by atoms with Crippen LogP contribution in [-0.4, -0.2) is 96.7 Å². The van der Waals surface area contributed by atoms with Gasteiger partial charge in [-0.25, -0.2) is 9.13 Å². The molecule has 0 heterocycles. The third-order valence-corrected chi connectivity index (χ3v) is 19.0. The van der Waals surface area contributed by atoms with E-state index in [0.717, 1.165) is 205 Å². The number of carbonyl (C=O) groups excluding carboxylic acids is 4. The normalized spacial score (nSPS) is 14.5. The molecule has 17 nitrogen and oxygen atoms in total. The lowest BCUT2D eigenvalue weighted by Crippen LogP contribution is -2.30. The molecule has 0 saturated carbocycles. The van der Waals surface area contributed by atoms with Crippen molar-refractivity contribution in [2.45, 2.75) is 354 Å². The Bertz CT molecular complexity index is 2530. The number of unbranched alkanes of at least 4 members (excludes halogenated alkanes) is 29. The summed E-state index contributed by atoms with van der Waals surface area (Å²) in [7, 11) is -9.98. The number of aliphatic hydroxyl groups is 1. The number of allylic oxidation sites excluding steroid dienone is 22. The third-order valence-electron chi connectivity index (χ3n) is 17.1. The highest BCUT2D eigenvalue weighted by molar-refractivity contribution is 7.47. The van der Waals surface area contributed by atoms with Gasteiger partial charge in [0.15, 0.2) is 12.2 Å². The molecule has 5 unspecified atom stereocenters. The Morgan fingerprint density at radius 1 is 0.274 bits per heavy atom. The summed E-state index contributed by atoms with van der Waals surface area (Å²) in [6.45, 7) is 4.62. The number of phosphoric ester groups is 2. The second-order valence-corrected chi connectivity index (χ2v) is 30.2. The third kappa shape index (κ3) is 77.4. The van der Waals surface area contributed by atoms with Crippen LogP contribution in [-0.2, 0) is 65.4 Å². The molecule has 0 aliphatic rings. The van der Waals surface area contributed by atoms with Crippen molar-refractivity contribution in [3.63, 3.8) is 0 Å². The summed E-state index contributed by atoms with van der Waals surface area (Å²) >= 11 is 0. The minimum Gasteiger partial charge on any atom is -0.462 e. The molecule has 0 fully saturated rings. The number of hydrogen-bond acceptors (Lipinski definition) is 15. The fraction of sp³-hybridized carbons (Fsp3) is 0.701. The lowest BCUT2D eigenvalue weighted by atomic mass is 10.1. The average Bonchev–Trinajstić information content (AvgIpc) is 0.901. The molecule has 3 N–H and O–H groups in total.